The number of aromatic hydroxyl groups is 1. The minimum absolute atomic E-state index is 0.408. The fourth-order valence-electron chi connectivity index (χ4n) is 1.76. The van der Waals surface area contributed by atoms with Gasteiger partial charge in [0, 0.05) is 12.1 Å². The fraction of sp³-hybridized carbons (Fsp3) is 0. The summed E-state index contributed by atoms with van der Waals surface area (Å²) in [5.74, 6) is -1.51. The molecule has 2 aromatic rings. The summed E-state index contributed by atoms with van der Waals surface area (Å²) in [4.78, 5) is 33.7. The molecule has 1 N–H and O–H groups in total. The van der Waals surface area contributed by atoms with E-state index < -0.39 is 33.1 Å². The number of carbonyl (C=O) groups is 1. The van der Waals surface area contributed by atoms with Gasteiger partial charge in [0.25, 0.3) is 5.69 Å². The van der Waals surface area contributed by atoms with E-state index in [0.29, 0.717) is 0 Å². The number of hydrogen-bond acceptors (Lipinski definition) is 5. The van der Waals surface area contributed by atoms with Gasteiger partial charge in [-0.1, -0.05) is 36.4 Å². The van der Waals surface area contributed by atoms with E-state index in [0.717, 1.165) is 29.8 Å². The predicted octanol–water partition coefficient (Wildman–Crippen LogP) is 2.56. The number of benzene rings is 1. The Hall–Kier alpha value is -3.28. The minimum Gasteiger partial charge on any atom is -0.504 e. The Morgan fingerprint density at radius 3 is 2.45 bits per heavy atom. The highest BCUT2D eigenvalue weighted by Gasteiger charge is 2.15. The van der Waals surface area contributed by atoms with Crippen molar-refractivity contribution in [1.29, 1.82) is 0 Å². The summed E-state index contributed by atoms with van der Waals surface area (Å²) < 4.78 is 0. The molecule has 2 aromatic carbocycles. The molecule has 0 aromatic heterocycles. The quantitative estimate of drug-likeness (QED) is 0.405. The highest BCUT2D eigenvalue weighted by Crippen LogP contribution is 2.18. The number of allylic oxidation sites excluding steroid dienone is 1. The van der Waals surface area contributed by atoms with Gasteiger partial charge >= 0.3 is 0 Å². The van der Waals surface area contributed by atoms with Gasteiger partial charge < -0.3 is 5.11 Å². The molecule has 0 amide bonds. The molecule has 0 saturated heterocycles. The van der Waals surface area contributed by atoms with Crippen LogP contribution in [-0.4, -0.2) is 15.8 Å². The Balaban J connectivity index is 2.45. The minimum atomic E-state index is -0.857. The van der Waals surface area contributed by atoms with Gasteiger partial charge in [0.05, 0.1) is 10.5 Å². The molecule has 0 heterocycles. The number of hydrogen-bond donors (Lipinski definition) is 1. The van der Waals surface area contributed by atoms with E-state index in [9.17, 15) is 24.8 Å². The summed E-state index contributed by atoms with van der Waals surface area (Å²) >= 11 is 0. The summed E-state index contributed by atoms with van der Waals surface area (Å²) in [5.41, 5.74) is -0.972. The van der Waals surface area contributed by atoms with Crippen molar-refractivity contribution in [1.82, 2.24) is 0 Å². The van der Waals surface area contributed by atoms with Crippen molar-refractivity contribution in [2.45, 2.75) is 0 Å². The normalized spacial score (nSPS) is 10.5. The van der Waals surface area contributed by atoms with Crippen molar-refractivity contribution in [2.24, 2.45) is 0 Å². The average Bonchev–Trinajstić information content (AvgIpc) is 2.66. The topological polar surface area (TPSA) is 97.5 Å². The number of nitrogens with zero attached hydrogens (tertiary/aromatic N) is 1. The molecular formula is C16H11NO5. The molecule has 0 fully saturated rings. The smallest absolute Gasteiger partial charge is 0.270 e. The zero-order valence-corrected chi connectivity index (χ0v) is 11.3. The van der Waals surface area contributed by atoms with Crippen molar-refractivity contribution in [3.63, 3.8) is 0 Å². The second-order valence-corrected chi connectivity index (χ2v) is 4.39. The van der Waals surface area contributed by atoms with E-state index in [2.05, 4.69) is 0 Å². The molecule has 0 spiro atoms. The van der Waals surface area contributed by atoms with Gasteiger partial charge in [0.15, 0.2) is 11.5 Å². The third kappa shape index (κ3) is 3.43. The third-order valence-corrected chi connectivity index (χ3v) is 2.89. The first kappa shape index (κ1) is 15.1. The first-order valence-corrected chi connectivity index (χ1v) is 6.28. The zero-order chi connectivity index (χ0) is 16.1. The molecular weight excluding hydrogens is 286 g/mol. The lowest BCUT2D eigenvalue weighted by molar-refractivity contribution is -0.384. The van der Waals surface area contributed by atoms with Crippen molar-refractivity contribution >= 4 is 17.5 Å². The van der Waals surface area contributed by atoms with Crippen LogP contribution in [-0.2, 0) is 0 Å². The second kappa shape index (κ2) is 6.45. The fourth-order valence-corrected chi connectivity index (χ4v) is 1.76. The Morgan fingerprint density at radius 1 is 1.14 bits per heavy atom. The maximum absolute atomic E-state index is 12.1. The zero-order valence-electron chi connectivity index (χ0n) is 11.3. The maximum Gasteiger partial charge on any atom is 0.270 e. The molecule has 0 bridgehead atoms. The van der Waals surface area contributed by atoms with Gasteiger partial charge in [-0.15, -0.1) is 0 Å². The Labute approximate surface area is 125 Å². The van der Waals surface area contributed by atoms with Crippen molar-refractivity contribution in [3.8, 4) is 5.75 Å². The molecule has 0 saturated carbocycles. The Bertz CT molecular complexity index is 812. The largest absolute Gasteiger partial charge is 0.504 e. The van der Waals surface area contributed by atoms with E-state index in [1.165, 1.54) is 6.08 Å². The molecule has 6 heteroatoms. The van der Waals surface area contributed by atoms with Crippen LogP contribution in [0.2, 0.25) is 0 Å². The first-order valence-electron chi connectivity index (χ1n) is 6.28. The number of ketones is 1. The van der Waals surface area contributed by atoms with Gasteiger partial charge in [-0.3, -0.25) is 19.7 Å². The highest BCUT2D eigenvalue weighted by molar-refractivity contribution is 6.08. The summed E-state index contributed by atoms with van der Waals surface area (Å²) in [7, 11) is 0. The van der Waals surface area contributed by atoms with E-state index in [1.807, 2.05) is 6.07 Å². The van der Waals surface area contributed by atoms with Crippen LogP contribution in [0, 0.1) is 10.1 Å². The van der Waals surface area contributed by atoms with Gasteiger partial charge in [0.2, 0.25) is 5.43 Å². The maximum atomic E-state index is 12.1. The molecule has 0 unspecified atom stereocenters. The van der Waals surface area contributed by atoms with Crippen LogP contribution in [0.5, 0.6) is 5.75 Å². The lowest BCUT2D eigenvalue weighted by Crippen LogP contribution is -2.01. The Morgan fingerprint density at radius 2 is 1.82 bits per heavy atom. The summed E-state index contributed by atoms with van der Waals surface area (Å²) in [5, 5.41) is 20.6. The molecule has 2 rings (SSSR count). The van der Waals surface area contributed by atoms with Crippen molar-refractivity contribution in [2.75, 3.05) is 0 Å². The second-order valence-electron chi connectivity index (χ2n) is 4.39. The SMILES string of the molecule is O=C(/C=C/c1ccccc1)c1cc([N+](=O)[O-])ccc(=O)c1O. The van der Waals surface area contributed by atoms with E-state index in [4.69, 9.17) is 0 Å². The monoisotopic (exact) mass is 297 g/mol. The van der Waals surface area contributed by atoms with Gasteiger partial charge in [-0.25, -0.2) is 0 Å². The Kier molecular flexibility index (Phi) is 4.43. The molecule has 22 heavy (non-hydrogen) atoms. The van der Waals surface area contributed by atoms with Crippen molar-refractivity contribution in [3.05, 3.63) is 86.1 Å². The molecule has 0 radical (unpaired) electrons. The predicted molar refractivity (Wildman–Crippen MR) is 80.8 cm³/mol. The van der Waals surface area contributed by atoms with Gasteiger partial charge in [-0.05, 0) is 17.7 Å². The van der Waals surface area contributed by atoms with E-state index >= 15 is 0 Å². The number of rotatable bonds is 4. The lowest BCUT2D eigenvalue weighted by atomic mass is 10.1. The van der Waals surface area contributed by atoms with Crippen LogP contribution < -0.4 is 5.43 Å². The molecule has 110 valence electrons. The average molecular weight is 297 g/mol. The highest BCUT2D eigenvalue weighted by atomic mass is 16.6. The van der Waals surface area contributed by atoms with Crippen LogP contribution in [0.25, 0.3) is 6.08 Å². The molecule has 0 atom stereocenters. The number of carbonyl (C=O) groups excluding carboxylic acids is 1. The molecule has 0 aliphatic heterocycles. The van der Waals surface area contributed by atoms with Crippen LogP contribution in [0.15, 0.2) is 59.4 Å². The standard InChI is InChI=1S/C16H11NO5/c18-14(8-6-11-4-2-1-3-5-11)13-10-12(17(21)22)7-9-15(19)16(13)20/h1-10H,(H,19,20)/b8-6+. The van der Waals surface area contributed by atoms with Crippen molar-refractivity contribution < 1.29 is 14.8 Å². The summed E-state index contributed by atoms with van der Waals surface area (Å²) in [6.07, 6.45) is 2.64. The summed E-state index contributed by atoms with van der Waals surface area (Å²) in [6.45, 7) is 0. The van der Waals surface area contributed by atoms with E-state index in [-0.39, 0.29) is 0 Å². The van der Waals surface area contributed by atoms with Crippen LogP contribution >= 0.6 is 0 Å². The van der Waals surface area contributed by atoms with Crippen LogP contribution in [0.4, 0.5) is 5.69 Å². The molecule has 0 aliphatic rings. The third-order valence-electron chi connectivity index (χ3n) is 2.89. The van der Waals surface area contributed by atoms with Crippen LogP contribution in [0.3, 0.4) is 0 Å². The lowest BCUT2D eigenvalue weighted by Gasteiger charge is -1.96. The molecule has 6 nitrogen and oxygen atoms in total. The molecule has 0 aliphatic carbocycles. The number of nitro groups is 1. The van der Waals surface area contributed by atoms with Gasteiger partial charge in [-0.2, -0.15) is 0 Å². The first-order chi connectivity index (χ1) is 10.5. The summed E-state index contributed by atoms with van der Waals surface area (Å²) in [6, 6.07) is 11.6. The van der Waals surface area contributed by atoms with E-state index in [1.54, 1.807) is 24.3 Å². The van der Waals surface area contributed by atoms with Crippen LogP contribution in [0.1, 0.15) is 15.9 Å². The van der Waals surface area contributed by atoms with Gasteiger partial charge in [0.1, 0.15) is 0 Å².